The molecular formula is C11H26N2O. The lowest BCUT2D eigenvalue weighted by molar-refractivity contribution is 0.0872. The first kappa shape index (κ1) is 13.9. The Morgan fingerprint density at radius 1 is 1.21 bits per heavy atom. The SMILES string of the molecule is COCC(CNC(C)C)N(C)C(C)C. The quantitative estimate of drug-likeness (QED) is 0.674. The average molecular weight is 202 g/mol. The molecule has 0 spiro atoms. The third kappa shape index (κ3) is 5.58. The number of rotatable bonds is 7. The third-order valence-corrected chi connectivity index (χ3v) is 2.51. The van der Waals surface area contributed by atoms with Gasteiger partial charge in [-0.1, -0.05) is 13.8 Å². The van der Waals surface area contributed by atoms with Crippen LogP contribution in [0.4, 0.5) is 0 Å². The summed E-state index contributed by atoms with van der Waals surface area (Å²) in [5.41, 5.74) is 0. The zero-order chi connectivity index (χ0) is 11.1. The summed E-state index contributed by atoms with van der Waals surface area (Å²) in [5, 5.41) is 3.44. The molecule has 0 aliphatic carbocycles. The first-order valence-corrected chi connectivity index (χ1v) is 5.43. The van der Waals surface area contributed by atoms with E-state index in [0.717, 1.165) is 13.2 Å². The molecule has 0 bridgehead atoms. The van der Waals surface area contributed by atoms with Gasteiger partial charge in [-0.25, -0.2) is 0 Å². The average Bonchev–Trinajstić information content (AvgIpc) is 2.10. The van der Waals surface area contributed by atoms with Gasteiger partial charge in [0.15, 0.2) is 0 Å². The van der Waals surface area contributed by atoms with E-state index in [0.29, 0.717) is 18.1 Å². The zero-order valence-electron chi connectivity index (χ0n) is 10.5. The standard InChI is InChI=1S/C11H26N2O/c1-9(2)12-7-11(8-14-6)13(5)10(3)4/h9-12H,7-8H2,1-6H3. The fraction of sp³-hybridized carbons (Fsp3) is 1.00. The molecule has 0 saturated heterocycles. The van der Waals surface area contributed by atoms with Crippen LogP contribution >= 0.6 is 0 Å². The van der Waals surface area contributed by atoms with E-state index >= 15 is 0 Å². The van der Waals surface area contributed by atoms with Crippen molar-refractivity contribution in [1.82, 2.24) is 10.2 Å². The molecule has 0 aromatic carbocycles. The number of methoxy groups -OCH3 is 1. The van der Waals surface area contributed by atoms with Crippen molar-refractivity contribution in [2.75, 3.05) is 27.3 Å². The highest BCUT2D eigenvalue weighted by Gasteiger charge is 2.16. The van der Waals surface area contributed by atoms with Gasteiger partial charge in [0.05, 0.1) is 6.61 Å². The summed E-state index contributed by atoms with van der Waals surface area (Å²) < 4.78 is 5.23. The molecule has 14 heavy (non-hydrogen) atoms. The highest BCUT2D eigenvalue weighted by atomic mass is 16.5. The number of ether oxygens (including phenoxy) is 1. The first-order valence-electron chi connectivity index (χ1n) is 5.43. The Hall–Kier alpha value is -0.120. The van der Waals surface area contributed by atoms with Crippen molar-refractivity contribution in [2.45, 2.75) is 45.8 Å². The van der Waals surface area contributed by atoms with E-state index in [-0.39, 0.29) is 0 Å². The van der Waals surface area contributed by atoms with Crippen molar-refractivity contribution in [2.24, 2.45) is 0 Å². The molecule has 0 radical (unpaired) electrons. The molecule has 0 rings (SSSR count). The van der Waals surface area contributed by atoms with E-state index in [1.54, 1.807) is 7.11 Å². The van der Waals surface area contributed by atoms with Crippen molar-refractivity contribution in [3.05, 3.63) is 0 Å². The third-order valence-electron chi connectivity index (χ3n) is 2.51. The highest BCUT2D eigenvalue weighted by molar-refractivity contribution is 4.74. The maximum atomic E-state index is 5.23. The van der Waals surface area contributed by atoms with Crippen LogP contribution in [0.2, 0.25) is 0 Å². The van der Waals surface area contributed by atoms with Crippen molar-refractivity contribution in [3.8, 4) is 0 Å². The summed E-state index contributed by atoms with van der Waals surface area (Å²) in [6.45, 7) is 10.5. The van der Waals surface area contributed by atoms with Crippen LogP contribution in [0.25, 0.3) is 0 Å². The second kappa shape index (κ2) is 7.21. The Morgan fingerprint density at radius 2 is 1.79 bits per heavy atom. The van der Waals surface area contributed by atoms with Gasteiger partial charge in [-0.15, -0.1) is 0 Å². The molecular weight excluding hydrogens is 176 g/mol. The highest BCUT2D eigenvalue weighted by Crippen LogP contribution is 2.02. The Morgan fingerprint density at radius 3 is 2.14 bits per heavy atom. The smallest absolute Gasteiger partial charge is 0.0630 e. The predicted octanol–water partition coefficient (Wildman–Crippen LogP) is 1.34. The predicted molar refractivity (Wildman–Crippen MR) is 61.7 cm³/mol. The monoisotopic (exact) mass is 202 g/mol. The van der Waals surface area contributed by atoms with Gasteiger partial charge in [0.25, 0.3) is 0 Å². The van der Waals surface area contributed by atoms with Crippen molar-refractivity contribution >= 4 is 0 Å². The van der Waals surface area contributed by atoms with Gasteiger partial charge in [0, 0.05) is 31.8 Å². The number of nitrogens with zero attached hydrogens (tertiary/aromatic N) is 1. The number of nitrogens with one attached hydrogen (secondary N) is 1. The topological polar surface area (TPSA) is 24.5 Å². The van der Waals surface area contributed by atoms with E-state index in [9.17, 15) is 0 Å². The first-order chi connectivity index (χ1) is 6.49. The van der Waals surface area contributed by atoms with Gasteiger partial charge in [-0.3, -0.25) is 4.90 Å². The van der Waals surface area contributed by atoms with E-state index in [2.05, 4.69) is 45.0 Å². The Balaban J connectivity index is 4.00. The fourth-order valence-corrected chi connectivity index (χ4v) is 1.31. The molecule has 0 aliphatic rings. The number of hydrogen-bond donors (Lipinski definition) is 1. The Labute approximate surface area is 88.8 Å². The minimum absolute atomic E-state index is 0.461. The molecule has 86 valence electrons. The van der Waals surface area contributed by atoms with Crippen LogP contribution in [0.1, 0.15) is 27.7 Å². The van der Waals surface area contributed by atoms with E-state index < -0.39 is 0 Å². The summed E-state index contributed by atoms with van der Waals surface area (Å²) in [4.78, 5) is 2.35. The number of likely N-dealkylation sites (N-methyl/N-ethyl adjacent to an activating group) is 1. The molecule has 1 atom stereocenters. The lowest BCUT2D eigenvalue weighted by atomic mass is 10.2. The van der Waals surface area contributed by atoms with Gasteiger partial charge < -0.3 is 10.1 Å². The molecule has 3 heteroatoms. The van der Waals surface area contributed by atoms with E-state index in [4.69, 9.17) is 4.74 Å². The second-order valence-corrected chi connectivity index (χ2v) is 4.43. The van der Waals surface area contributed by atoms with Gasteiger partial charge in [-0.05, 0) is 20.9 Å². The van der Waals surface area contributed by atoms with E-state index in [1.165, 1.54) is 0 Å². The zero-order valence-corrected chi connectivity index (χ0v) is 10.5. The normalized spacial score (nSPS) is 14.4. The minimum Gasteiger partial charge on any atom is -0.383 e. The van der Waals surface area contributed by atoms with Crippen LogP contribution in [0.15, 0.2) is 0 Å². The Kier molecular flexibility index (Phi) is 7.15. The maximum absolute atomic E-state index is 5.23. The van der Waals surface area contributed by atoms with Crippen LogP contribution in [-0.2, 0) is 4.74 Å². The Bertz CT molecular complexity index is 137. The maximum Gasteiger partial charge on any atom is 0.0630 e. The van der Waals surface area contributed by atoms with Gasteiger partial charge in [0.2, 0.25) is 0 Å². The van der Waals surface area contributed by atoms with Crippen LogP contribution in [0.5, 0.6) is 0 Å². The minimum atomic E-state index is 0.461. The lowest BCUT2D eigenvalue weighted by Crippen LogP contribution is -2.47. The summed E-state index contributed by atoms with van der Waals surface area (Å²) in [7, 11) is 3.91. The molecule has 0 aromatic rings. The molecule has 0 fully saturated rings. The van der Waals surface area contributed by atoms with E-state index in [1.807, 2.05) is 0 Å². The molecule has 0 amide bonds. The van der Waals surface area contributed by atoms with Gasteiger partial charge in [-0.2, -0.15) is 0 Å². The summed E-state index contributed by atoms with van der Waals surface area (Å²) in [6.07, 6.45) is 0. The summed E-state index contributed by atoms with van der Waals surface area (Å²) in [6, 6.07) is 1.56. The van der Waals surface area contributed by atoms with Crippen LogP contribution in [0.3, 0.4) is 0 Å². The van der Waals surface area contributed by atoms with Crippen molar-refractivity contribution < 1.29 is 4.74 Å². The summed E-state index contributed by atoms with van der Waals surface area (Å²) in [5.74, 6) is 0. The van der Waals surface area contributed by atoms with Crippen LogP contribution < -0.4 is 5.32 Å². The fourth-order valence-electron chi connectivity index (χ4n) is 1.31. The second-order valence-electron chi connectivity index (χ2n) is 4.43. The molecule has 0 aromatic heterocycles. The molecule has 0 heterocycles. The van der Waals surface area contributed by atoms with Crippen molar-refractivity contribution in [3.63, 3.8) is 0 Å². The molecule has 3 nitrogen and oxygen atoms in total. The van der Waals surface area contributed by atoms with Gasteiger partial charge >= 0.3 is 0 Å². The van der Waals surface area contributed by atoms with Crippen LogP contribution in [0, 0.1) is 0 Å². The van der Waals surface area contributed by atoms with Gasteiger partial charge in [0.1, 0.15) is 0 Å². The number of hydrogen-bond acceptors (Lipinski definition) is 3. The molecule has 1 N–H and O–H groups in total. The summed E-state index contributed by atoms with van der Waals surface area (Å²) >= 11 is 0. The molecule has 0 aliphatic heterocycles. The molecule has 0 saturated carbocycles. The van der Waals surface area contributed by atoms with Crippen LogP contribution in [-0.4, -0.2) is 50.3 Å². The molecule has 1 unspecified atom stereocenters. The largest absolute Gasteiger partial charge is 0.383 e. The van der Waals surface area contributed by atoms with Crippen molar-refractivity contribution in [1.29, 1.82) is 0 Å². The lowest BCUT2D eigenvalue weighted by Gasteiger charge is -2.31.